The fourth-order valence-corrected chi connectivity index (χ4v) is 2.35. The molecule has 0 fully saturated rings. The highest BCUT2D eigenvalue weighted by Gasteiger charge is 2.21. The van der Waals surface area contributed by atoms with Gasteiger partial charge in [-0.2, -0.15) is 0 Å². The third kappa shape index (κ3) is 4.55. The second-order valence-electron chi connectivity index (χ2n) is 5.25. The average Bonchev–Trinajstić information content (AvgIpc) is 2.53. The molecule has 124 valence electrons. The van der Waals surface area contributed by atoms with Gasteiger partial charge < -0.3 is 19.5 Å². The zero-order valence-electron chi connectivity index (χ0n) is 14.2. The van der Waals surface area contributed by atoms with Crippen molar-refractivity contribution in [3.05, 3.63) is 17.7 Å². The smallest absolute Gasteiger partial charge is 0.255 e. The van der Waals surface area contributed by atoms with Crippen LogP contribution in [0, 0.1) is 0 Å². The van der Waals surface area contributed by atoms with Gasteiger partial charge in [0, 0.05) is 6.04 Å². The van der Waals surface area contributed by atoms with E-state index >= 15 is 0 Å². The number of unbranched alkanes of at least 4 members (excludes halogenated alkanes) is 2. The van der Waals surface area contributed by atoms with Crippen molar-refractivity contribution in [1.29, 1.82) is 0 Å². The molecule has 5 heteroatoms. The SMILES string of the molecule is CCCCCC(C)NC(=O)c1ccc(OC)c(OC)c1OC. The van der Waals surface area contributed by atoms with Gasteiger partial charge >= 0.3 is 0 Å². The van der Waals surface area contributed by atoms with Gasteiger partial charge in [-0.1, -0.05) is 26.2 Å². The maximum Gasteiger partial charge on any atom is 0.255 e. The summed E-state index contributed by atoms with van der Waals surface area (Å²) in [7, 11) is 4.58. The van der Waals surface area contributed by atoms with Crippen LogP contribution in [0.3, 0.4) is 0 Å². The topological polar surface area (TPSA) is 56.8 Å². The van der Waals surface area contributed by atoms with Gasteiger partial charge in [-0.3, -0.25) is 4.79 Å². The van der Waals surface area contributed by atoms with E-state index < -0.39 is 0 Å². The number of benzene rings is 1. The summed E-state index contributed by atoms with van der Waals surface area (Å²) in [5, 5.41) is 3.00. The molecule has 1 amide bonds. The van der Waals surface area contributed by atoms with Crippen molar-refractivity contribution < 1.29 is 19.0 Å². The maximum atomic E-state index is 12.4. The predicted octanol–water partition coefficient (Wildman–Crippen LogP) is 3.41. The molecule has 0 aliphatic rings. The van der Waals surface area contributed by atoms with E-state index in [0.29, 0.717) is 22.8 Å². The summed E-state index contributed by atoms with van der Waals surface area (Å²) in [6, 6.07) is 3.52. The van der Waals surface area contributed by atoms with E-state index in [0.717, 1.165) is 12.8 Å². The molecule has 1 N–H and O–H groups in total. The van der Waals surface area contributed by atoms with Crippen LogP contribution in [-0.4, -0.2) is 33.3 Å². The molecule has 0 bridgehead atoms. The first-order chi connectivity index (χ1) is 10.6. The molecule has 0 radical (unpaired) electrons. The summed E-state index contributed by atoms with van der Waals surface area (Å²) in [5.41, 5.74) is 0.447. The maximum absolute atomic E-state index is 12.4. The van der Waals surface area contributed by atoms with Crippen LogP contribution in [0.1, 0.15) is 49.9 Å². The standard InChI is InChI=1S/C17H27NO4/c1-6-7-8-9-12(2)18-17(19)13-10-11-14(20-3)16(22-5)15(13)21-4/h10-12H,6-9H2,1-5H3,(H,18,19). The van der Waals surface area contributed by atoms with Crippen molar-refractivity contribution >= 4 is 5.91 Å². The van der Waals surface area contributed by atoms with Gasteiger partial charge in [-0.25, -0.2) is 0 Å². The molecule has 1 unspecified atom stereocenters. The monoisotopic (exact) mass is 309 g/mol. The van der Waals surface area contributed by atoms with Gasteiger partial charge in [0.2, 0.25) is 5.75 Å². The van der Waals surface area contributed by atoms with Crippen molar-refractivity contribution in [2.45, 2.75) is 45.6 Å². The quantitative estimate of drug-likeness (QED) is 0.710. The molecule has 0 heterocycles. The molecule has 0 saturated heterocycles. The highest BCUT2D eigenvalue weighted by Crippen LogP contribution is 2.39. The molecule has 1 aromatic carbocycles. The lowest BCUT2D eigenvalue weighted by Gasteiger charge is -2.18. The molecule has 1 atom stereocenters. The Kier molecular flexibility index (Phi) is 7.57. The normalized spacial score (nSPS) is 11.7. The third-order valence-electron chi connectivity index (χ3n) is 3.57. The molecule has 0 spiro atoms. The molecule has 0 aliphatic carbocycles. The minimum Gasteiger partial charge on any atom is -0.493 e. The Morgan fingerprint density at radius 3 is 2.32 bits per heavy atom. The lowest BCUT2D eigenvalue weighted by molar-refractivity contribution is 0.0934. The second-order valence-corrected chi connectivity index (χ2v) is 5.25. The largest absolute Gasteiger partial charge is 0.493 e. The number of hydrogen-bond donors (Lipinski definition) is 1. The first-order valence-electron chi connectivity index (χ1n) is 7.68. The lowest BCUT2D eigenvalue weighted by atomic mass is 10.1. The molecule has 0 aliphatic heterocycles. The second kappa shape index (κ2) is 9.18. The molecule has 5 nitrogen and oxygen atoms in total. The van der Waals surface area contributed by atoms with Crippen LogP contribution in [0.2, 0.25) is 0 Å². The molecule has 1 rings (SSSR count). The van der Waals surface area contributed by atoms with Gasteiger partial charge in [0.1, 0.15) is 0 Å². The Morgan fingerprint density at radius 1 is 1.09 bits per heavy atom. The summed E-state index contributed by atoms with van der Waals surface area (Å²) in [6.45, 7) is 4.18. The fourth-order valence-electron chi connectivity index (χ4n) is 2.35. The summed E-state index contributed by atoms with van der Waals surface area (Å²) < 4.78 is 15.9. The zero-order valence-corrected chi connectivity index (χ0v) is 14.2. The first-order valence-corrected chi connectivity index (χ1v) is 7.68. The Labute approximate surface area is 132 Å². The fraction of sp³-hybridized carbons (Fsp3) is 0.588. The van der Waals surface area contributed by atoms with Crippen LogP contribution in [0.25, 0.3) is 0 Å². The Morgan fingerprint density at radius 2 is 1.77 bits per heavy atom. The van der Waals surface area contributed by atoms with Gasteiger partial charge in [0.05, 0.1) is 26.9 Å². The van der Waals surface area contributed by atoms with Gasteiger partial charge in [-0.05, 0) is 25.5 Å². The van der Waals surface area contributed by atoms with E-state index in [9.17, 15) is 4.79 Å². The van der Waals surface area contributed by atoms with E-state index in [1.165, 1.54) is 27.1 Å². The molecule has 0 aromatic heterocycles. The van der Waals surface area contributed by atoms with Crippen LogP contribution in [0.5, 0.6) is 17.2 Å². The molecule has 22 heavy (non-hydrogen) atoms. The Balaban J connectivity index is 2.89. The number of carbonyl (C=O) groups excluding carboxylic acids is 1. The van der Waals surface area contributed by atoms with Crippen LogP contribution < -0.4 is 19.5 Å². The average molecular weight is 309 g/mol. The van der Waals surface area contributed by atoms with Crippen molar-refractivity contribution in [3.63, 3.8) is 0 Å². The van der Waals surface area contributed by atoms with Crippen molar-refractivity contribution in [2.75, 3.05) is 21.3 Å². The summed E-state index contributed by atoms with van der Waals surface area (Å²) in [4.78, 5) is 12.4. The number of nitrogens with one attached hydrogen (secondary N) is 1. The van der Waals surface area contributed by atoms with Crippen molar-refractivity contribution in [1.82, 2.24) is 5.32 Å². The van der Waals surface area contributed by atoms with E-state index in [1.54, 1.807) is 19.2 Å². The summed E-state index contributed by atoms with van der Waals surface area (Å²) in [6.07, 6.45) is 4.43. The first kappa shape index (κ1) is 18.1. The predicted molar refractivity (Wildman–Crippen MR) is 87.2 cm³/mol. The van der Waals surface area contributed by atoms with E-state index in [2.05, 4.69) is 12.2 Å². The Hall–Kier alpha value is -1.91. The molecular formula is C17H27NO4. The van der Waals surface area contributed by atoms with E-state index in [-0.39, 0.29) is 11.9 Å². The number of ether oxygens (including phenoxy) is 3. The van der Waals surface area contributed by atoms with E-state index in [4.69, 9.17) is 14.2 Å². The van der Waals surface area contributed by atoms with Crippen LogP contribution in [0.4, 0.5) is 0 Å². The molecule has 1 aromatic rings. The van der Waals surface area contributed by atoms with E-state index in [1.807, 2.05) is 6.92 Å². The summed E-state index contributed by atoms with van der Waals surface area (Å²) in [5.74, 6) is 1.19. The highest BCUT2D eigenvalue weighted by molar-refractivity contribution is 5.98. The van der Waals surface area contributed by atoms with Crippen LogP contribution >= 0.6 is 0 Å². The number of carbonyl (C=O) groups is 1. The lowest BCUT2D eigenvalue weighted by Crippen LogP contribution is -2.32. The molecule has 0 saturated carbocycles. The van der Waals surface area contributed by atoms with Crippen LogP contribution in [-0.2, 0) is 0 Å². The van der Waals surface area contributed by atoms with Gasteiger partial charge in [0.15, 0.2) is 11.5 Å². The number of amides is 1. The summed E-state index contributed by atoms with van der Waals surface area (Å²) >= 11 is 0. The molecular weight excluding hydrogens is 282 g/mol. The minimum absolute atomic E-state index is 0.122. The van der Waals surface area contributed by atoms with Crippen molar-refractivity contribution in [2.24, 2.45) is 0 Å². The number of rotatable bonds is 9. The highest BCUT2D eigenvalue weighted by atomic mass is 16.5. The number of hydrogen-bond acceptors (Lipinski definition) is 4. The van der Waals surface area contributed by atoms with Gasteiger partial charge in [-0.15, -0.1) is 0 Å². The van der Waals surface area contributed by atoms with Crippen LogP contribution in [0.15, 0.2) is 12.1 Å². The number of methoxy groups -OCH3 is 3. The minimum atomic E-state index is -0.165. The Bertz CT molecular complexity index is 488. The van der Waals surface area contributed by atoms with Crippen molar-refractivity contribution in [3.8, 4) is 17.2 Å². The third-order valence-corrected chi connectivity index (χ3v) is 3.57. The zero-order chi connectivity index (χ0) is 16.5. The van der Waals surface area contributed by atoms with Gasteiger partial charge in [0.25, 0.3) is 5.91 Å².